The zero-order valence-electron chi connectivity index (χ0n) is 17.0. The van der Waals surface area contributed by atoms with Gasteiger partial charge in [-0.2, -0.15) is 18.4 Å². The first-order valence-electron chi connectivity index (χ1n) is 9.11. The minimum atomic E-state index is -4.75. The number of alkyl halides is 3. The molecule has 1 aromatic carbocycles. The van der Waals surface area contributed by atoms with E-state index >= 15 is 0 Å². The van der Waals surface area contributed by atoms with E-state index < -0.39 is 52.6 Å². The van der Waals surface area contributed by atoms with Crippen molar-refractivity contribution >= 4 is 34.9 Å². The average molecular weight is 473 g/mol. The Bertz CT molecular complexity index is 1140. The molecule has 0 radical (unpaired) electrons. The molecule has 2 aromatic rings. The fraction of sp³-hybridized carbons (Fsp3) is 0.300. The van der Waals surface area contributed by atoms with E-state index in [0.717, 1.165) is 12.1 Å². The second kappa shape index (κ2) is 9.40. The Morgan fingerprint density at radius 3 is 2.44 bits per heavy atom. The molecule has 2 N–H and O–H groups in total. The summed E-state index contributed by atoms with van der Waals surface area (Å²) in [7, 11) is 1.36. The number of amides is 2. The van der Waals surface area contributed by atoms with Crippen LogP contribution < -0.4 is 10.6 Å². The van der Waals surface area contributed by atoms with Crippen LogP contribution in [0.2, 0.25) is 5.02 Å². The molecule has 0 fully saturated rings. The quantitative estimate of drug-likeness (QED) is 0.378. The van der Waals surface area contributed by atoms with Gasteiger partial charge in [-0.15, -0.1) is 0 Å². The van der Waals surface area contributed by atoms with E-state index in [4.69, 9.17) is 16.9 Å². The van der Waals surface area contributed by atoms with Gasteiger partial charge in [0.2, 0.25) is 0 Å². The number of hydrogen-bond acceptors (Lipinski definition) is 4. The average Bonchev–Trinajstić information content (AvgIpc) is 2.94. The molecule has 2 rings (SSSR count). The molecule has 0 aliphatic carbocycles. The van der Waals surface area contributed by atoms with Crippen molar-refractivity contribution in [1.29, 1.82) is 5.26 Å². The predicted molar refractivity (Wildman–Crippen MR) is 107 cm³/mol. The van der Waals surface area contributed by atoms with Gasteiger partial charge in [0.05, 0.1) is 16.1 Å². The number of ketones is 1. The van der Waals surface area contributed by atoms with Crippen LogP contribution in [0, 0.1) is 24.1 Å². The van der Waals surface area contributed by atoms with Crippen LogP contribution in [0.25, 0.3) is 0 Å². The highest BCUT2D eigenvalue weighted by Gasteiger charge is 2.41. The molecule has 0 saturated carbocycles. The topological polar surface area (TPSA) is 104 Å². The number of halogens is 5. The van der Waals surface area contributed by atoms with Crippen LogP contribution in [-0.2, 0) is 11.8 Å². The van der Waals surface area contributed by atoms with Crippen molar-refractivity contribution in [2.24, 2.45) is 7.05 Å². The number of nitrogens with one attached hydrogen (secondary N) is 2. The Hall–Kier alpha value is -3.39. The molecule has 0 saturated heterocycles. The summed E-state index contributed by atoms with van der Waals surface area (Å²) in [5.41, 5.74) is -0.877. The summed E-state index contributed by atoms with van der Waals surface area (Å²) in [5.74, 6) is -4.49. The Morgan fingerprint density at radius 1 is 1.28 bits per heavy atom. The second-order valence-corrected chi connectivity index (χ2v) is 7.13. The van der Waals surface area contributed by atoms with E-state index in [2.05, 4.69) is 5.32 Å². The van der Waals surface area contributed by atoms with Crippen molar-refractivity contribution in [3.05, 3.63) is 51.6 Å². The van der Waals surface area contributed by atoms with Gasteiger partial charge in [0.1, 0.15) is 23.6 Å². The molecule has 0 bridgehead atoms. The Balaban J connectivity index is 2.36. The predicted octanol–water partition coefficient (Wildman–Crippen LogP) is 3.89. The Morgan fingerprint density at radius 2 is 1.91 bits per heavy atom. The minimum Gasteiger partial charge on any atom is -0.342 e. The summed E-state index contributed by atoms with van der Waals surface area (Å²) in [6.07, 6.45) is -5.23. The molecule has 1 atom stereocenters. The van der Waals surface area contributed by atoms with E-state index in [-0.39, 0.29) is 22.6 Å². The van der Waals surface area contributed by atoms with Crippen molar-refractivity contribution in [3.8, 4) is 6.07 Å². The number of aromatic nitrogens is 1. The number of hydrogen-bond donors (Lipinski definition) is 2. The van der Waals surface area contributed by atoms with Gasteiger partial charge in [-0.3, -0.25) is 14.4 Å². The molecule has 170 valence electrons. The summed E-state index contributed by atoms with van der Waals surface area (Å²) in [6.45, 7) is 2.55. The number of rotatable bonds is 6. The number of Topliss-reactive ketones (excluding diaryl/α,β-unsaturated/α-hetero) is 1. The number of carbonyl (C=O) groups is 3. The zero-order chi connectivity index (χ0) is 24.4. The second-order valence-electron chi connectivity index (χ2n) is 6.75. The van der Waals surface area contributed by atoms with E-state index in [1.165, 1.54) is 31.5 Å². The van der Waals surface area contributed by atoms with Crippen LogP contribution in [0.5, 0.6) is 0 Å². The third-order valence-electron chi connectivity index (χ3n) is 4.73. The fourth-order valence-electron chi connectivity index (χ4n) is 2.91. The zero-order valence-corrected chi connectivity index (χ0v) is 17.8. The third kappa shape index (κ3) is 4.91. The van der Waals surface area contributed by atoms with Crippen molar-refractivity contribution in [2.75, 3.05) is 5.32 Å². The highest BCUT2D eigenvalue weighted by atomic mass is 35.5. The lowest BCUT2D eigenvalue weighted by Crippen LogP contribution is -2.47. The van der Waals surface area contributed by atoms with E-state index in [0.29, 0.717) is 0 Å². The summed E-state index contributed by atoms with van der Waals surface area (Å²) in [5, 5.41) is 12.5. The van der Waals surface area contributed by atoms with Gasteiger partial charge in [0.25, 0.3) is 17.6 Å². The molecular weight excluding hydrogens is 456 g/mol. The maximum atomic E-state index is 13.5. The SMILES string of the molecule is CC[C@@H](NC(=O)C(=O)c1c(Cl)c(C(=O)Nc2ccc(F)c(C#N)c2)n(C)c1C)C(F)(F)F. The molecule has 32 heavy (non-hydrogen) atoms. The van der Waals surface area contributed by atoms with Gasteiger partial charge in [-0.1, -0.05) is 18.5 Å². The van der Waals surface area contributed by atoms with E-state index in [1.807, 2.05) is 0 Å². The lowest BCUT2D eigenvalue weighted by molar-refractivity contribution is -0.160. The molecule has 0 aliphatic rings. The van der Waals surface area contributed by atoms with Crippen LogP contribution in [0.4, 0.5) is 23.2 Å². The van der Waals surface area contributed by atoms with Gasteiger partial charge >= 0.3 is 6.18 Å². The van der Waals surface area contributed by atoms with Crippen LogP contribution >= 0.6 is 11.6 Å². The lowest BCUT2D eigenvalue weighted by atomic mass is 10.1. The standard InChI is InChI=1S/C20H17ClF4N4O3/c1-4-13(20(23,24)25)28-19(32)17(30)14-9(2)29(3)16(15(14)21)18(31)27-11-5-6-12(22)10(7-11)8-26/h5-7,13H,4H2,1-3H3,(H,27,31)(H,28,32)/t13-/m1/s1. The number of benzene rings is 1. The van der Waals surface area contributed by atoms with Crippen LogP contribution in [0.15, 0.2) is 18.2 Å². The summed E-state index contributed by atoms with van der Waals surface area (Å²) in [6, 6.07) is 2.64. The van der Waals surface area contributed by atoms with Crippen molar-refractivity contribution in [1.82, 2.24) is 9.88 Å². The van der Waals surface area contributed by atoms with Crippen LogP contribution in [0.1, 0.15) is 45.4 Å². The normalized spacial score (nSPS) is 12.1. The molecule has 2 amide bonds. The van der Waals surface area contributed by atoms with Gasteiger partial charge in [0.15, 0.2) is 0 Å². The first kappa shape index (κ1) is 24.9. The van der Waals surface area contributed by atoms with Crippen molar-refractivity contribution < 1.29 is 31.9 Å². The smallest absolute Gasteiger partial charge is 0.342 e. The maximum absolute atomic E-state index is 13.5. The van der Waals surface area contributed by atoms with Crippen LogP contribution in [-0.4, -0.2) is 34.4 Å². The van der Waals surface area contributed by atoms with E-state index in [9.17, 15) is 31.9 Å². The van der Waals surface area contributed by atoms with Gasteiger partial charge < -0.3 is 15.2 Å². The number of anilines is 1. The molecule has 1 aromatic heterocycles. The molecule has 0 unspecified atom stereocenters. The summed E-state index contributed by atoms with van der Waals surface area (Å²) >= 11 is 6.16. The molecule has 7 nitrogen and oxygen atoms in total. The largest absolute Gasteiger partial charge is 0.408 e. The molecular formula is C20H17ClF4N4O3. The van der Waals surface area contributed by atoms with E-state index in [1.54, 1.807) is 11.4 Å². The number of nitriles is 1. The Labute approximate surface area is 184 Å². The molecule has 0 aliphatic heterocycles. The molecule has 1 heterocycles. The first-order valence-corrected chi connectivity index (χ1v) is 9.48. The van der Waals surface area contributed by atoms with Crippen molar-refractivity contribution in [2.45, 2.75) is 32.5 Å². The van der Waals surface area contributed by atoms with Crippen molar-refractivity contribution in [3.63, 3.8) is 0 Å². The Kier molecular flexibility index (Phi) is 7.31. The van der Waals surface area contributed by atoms with Crippen LogP contribution in [0.3, 0.4) is 0 Å². The fourth-order valence-corrected chi connectivity index (χ4v) is 3.34. The molecule has 12 heteroatoms. The minimum absolute atomic E-state index is 0.0597. The van der Waals surface area contributed by atoms with Gasteiger partial charge in [-0.25, -0.2) is 4.39 Å². The van der Waals surface area contributed by atoms with Gasteiger partial charge in [0, 0.05) is 18.4 Å². The maximum Gasteiger partial charge on any atom is 0.408 e. The first-order chi connectivity index (χ1) is 14.8. The summed E-state index contributed by atoms with van der Waals surface area (Å²) in [4.78, 5) is 37.4. The highest BCUT2D eigenvalue weighted by Crippen LogP contribution is 2.29. The molecule has 0 spiro atoms. The van der Waals surface area contributed by atoms with Gasteiger partial charge in [-0.05, 0) is 31.5 Å². The third-order valence-corrected chi connectivity index (χ3v) is 5.10. The summed E-state index contributed by atoms with van der Waals surface area (Å²) < 4.78 is 53.4. The number of nitrogens with zero attached hydrogens (tertiary/aromatic N) is 2. The highest BCUT2D eigenvalue weighted by molar-refractivity contribution is 6.48. The monoisotopic (exact) mass is 472 g/mol. The lowest BCUT2D eigenvalue weighted by Gasteiger charge is -2.19. The number of carbonyl (C=O) groups excluding carboxylic acids is 3.